The van der Waals surface area contributed by atoms with Crippen molar-refractivity contribution in [3.8, 4) is 10.4 Å². The fraction of sp³-hybridized carbons (Fsp3) is 0.391. The molecule has 0 saturated heterocycles. The Labute approximate surface area is 200 Å². The molecule has 2 aromatic heterocycles. The number of aromatic nitrogens is 3. The fourth-order valence-electron chi connectivity index (χ4n) is 3.91. The second-order valence-corrected chi connectivity index (χ2v) is 9.82. The molecule has 0 aliphatic heterocycles. The third-order valence-electron chi connectivity index (χ3n) is 5.53. The van der Waals surface area contributed by atoms with Crippen LogP contribution in [0.25, 0.3) is 10.4 Å². The van der Waals surface area contributed by atoms with E-state index >= 15 is 0 Å². The van der Waals surface area contributed by atoms with Gasteiger partial charge in [-0.15, -0.1) is 21.5 Å². The van der Waals surface area contributed by atoms with E-state index in [4.69, 9.17) is 10.6 Å². The average Bonchev–Trinajstić information content (AvgIpc) is 3.42. The highest BCUT2D eigenvalue weighted by atomic mass is 32.2. The number of carbonyl (C=O) groups is 2. The van der Waals surface area contributed by atoms with Gasteiger partial charge >= 0.3 is 5.97 Å². The maximum Gasteiger partial charge on any atom is 0.341 e. The molecule has 0 atom stereocenters. The Bertz CT molecular complexity index is 1110. The molecule has 1 amide bonds. The molecule has 0 spiro atoms. The van der Waals surface area contributed by atoms with Gasteiger partial charge in [-0.3, -0.25) is 4.79 Å². The van der Waals surface area contributed by atoms with Crippen molar-refractivity contribution in [2.24, 2.45) is 0 Å². The Hall–Kier alpha value is -2.85. The highest BCUT2D eigenvalue weighted by Crippen LogP contribution is 2.36. The van der Waals surface area contributed by atoms with Crippen molar-refractivity contribution in [3.63, 3.8) is 0 Å². The number of esters is 1. The Morgan fingerprint density at radius 3 is 2.70 bits per heavy atom. The number of nitrogens with two attached hydrogens (primary N) is 1. The van der Waals surface area contributed by atoms with E-state index in [1.54, 1.807) is 13.0 Å². The summed E-state index contributed by atoms with van der Waals surface area (Å²) in [7, 11) is 0. The Morgan fingerprint density at radius 2 is 1.97 bits per heavy atom. The molecule has 1 aliphatic rings. The summed E-state index contributed by atoms with van der Waals surface area (Å²) in [6.07, 6.45) is 5.74. The smallest absolute Gasteiger partial charge is 0.341 e. The van der Waals surface area contributed by atoms with Crippen molar-refractivity contribution in [3.05, 3.63) is 47.8 Å². The van der Waals surface area contributed by atoms with Gasteiger partial charge in [0.25, 0.3) is 0 Å². The summed E-state index contributed by atoms with van der Waals surface area (Å²) >= 11 is 2.57. The van der Waals surface area contributed by atoms with Crippen LogP contribution in [0.3, 0.4) is 0 Å². The zero-order valence-electron chi connectivity index (χ0n) is 18.5. The third kappa shape index (κ3) is 5.56. The molecule has 4 rings (SSSR count). The van der Waals surface area contributed by atoms with Gasteiger partial charge in [-0.1, -0.05) is 61.4 Å². The first-order chi connectivity index (χ1) is 16.1. The largest absolute Gasteiger partial charge is 0.462 e. The average molecular weight is 486 g/mol. The van der Waals surface area contributed by atoms with Crippen LogP contribution in [0, 0.1) is 0 Å². The van der Waals surface area contributed by atoms with Crippen LogP contribution in [0.15, 0.2) is 41.6 Å². The van der Waals surface area contributed by atoms with Crippen molar-refractivity contribution < 1.29 is 14.3 Å². The molecule has 3 N–H and O–H groups in total. The molecule has 0 radical (unpaired) electrons. The predicted molar refractivity (Wildman–Crippen MR) is 131 cm³/mol. The summed E-state index contributed by atoms with van der Waals surface area (Å²) in [5.74, 6) is 6.71. The van der Waals surface area contributed by atoms with Crippen LogP contribution in [0.1, 0.15) is 61.1 Å². The third-order valence-corrected chi connectivity index (χ3v) is 7.57. The predicted octanol–water partition coefficient (Wildman–Crippen LogP) is 4.68. The minimum Gasteiger partial charge on any atom is -0.462 e. The van der Waals surface area contributed by atoms with Crippen molar-refractivity contribution >= 4 is 40.0 Å². The number of nitrogens with one attached hydrogen (secondary N) is 1. The van der Waals surface area contributed by atoms with Crippen LogP contribution in [-0.4, -0.2) is 39.1 Å². The first kappa shape index (κ1) is 23.3. The first-order valence-electron chi connectivity index (χ1n) is 11.1. The molecule has 174 valence electrons. The molecule has 1 aliphatic carbocycles. The minimum atomic E-state index is -0.460. The monoisotopic (exact) mass is 485 g/mol. The van der Waals surface area contributed by atoms with Gasteiger partial charge in [-0.05, 0) is 31.4 Å². The molecule has 0 bridgehead atoms. The van der Waals surface area contributed by atoms with E-state index in [1.165, 1.54) is 47.0 Å². The Morgan fingerprint density at radius 1 is 1.21 bits per heavy atom. The second-order valence-electron chi connectivity index (χ2n) is 7.82. The molecule has 1 fully saturated rings. The number of thiophene rings is 1. The number of hydrogen-bond acceptors (Lipinski definition) is 8. The lowest BCUT2D eigenvalue weighted by atomic mass is 9.89. The number of carbonyl (C=O) groups excluding carboxylic acids is 2. The topological polar surface area (TPSA) is 112 Å². The van der Waals surface area contributed by atoms with Crippen molar-refractivity contribution in [2.75, 3.05) is 23.5 Å². The number of benzene rings is 1. The molecule has 0 unspecified atom stereocenters. The van der Waals surface area contributed by atoms with Gasteiger partial charge in [0, 0.05) is 10.8 Å². The summed E-state index contributed by atoms with van der Waals surface area (Å²) in [5.41, 5.74) is 1.31. The van der Waals surface area contributed by atoms with E-state index in [-0.39, 0.29) is 18.3 Å². The summed E-state index contributed by atoms with van der Waals surface area (Å²) in [5, 5.41) is 12.3. The second kappa shape index (κ2) is 10.8. The fourth-order valence-corrected chi connectivity index (χ4v) is 5.64. The maximum atomic E-state index is 12.7. The summed E-state index contributed by atoms with van der Waals surface area (Å²) in [6, 6.07) is 11.5. The molecular formula is C23H27N5O3S2. The van der Waals surface area contributed by atoms with Crippen LogP contribution in [0.5, 0.6) is 0 Å². The number of ether oxygens (including phenoxy) is 1. The molecular weight excluding hydrogens is 458 g/mol. The summed E-state index contributed by atoms with van der Waals surface area (Å²) < 4.78 is 6.69. The standard InChI is InChI=1S/C23H27N5O3S2/c1-2-31-22(30)17-13-18(15-9-5-3-6-10-15)33-21(17)25-19(29)14-32-23-27-26-20(28(23)24)16-11-7-4-8-12-16/h3,5-6,9-10,13,16H,2,4,7-8,11-12,14,24H2,1H3,(H,25,29). The number of amides is 1. The molecule has 3 aromatic rings. The molecule has 33 heavy (non-hydrogen) atoms. The zero-order chi connectivity index (χ0) is 23.2. The van der Waals surface area contributed by atoms with Gasteiger partial charge in [0.15, 0.2) is 5.82 Å². The maximum absolute atomic E-state index is 12.7. The zero-order valence-corrected chi connectivity index (χ0v) is 20.1. The van der Waals surface area contributed by atoms with Gasteiger partial charge in [0.1, 0.15) is 5.00 Å². The van der Waals surface area contributed by atoms with Crippen molar-refractivity contribution in [1.82, 2.24) is 14.9 Å². The Balaban J connectivity index is 1.44. The lowest BCUT2D eigenvalue weighted by Crippen LogP contribution is -2.20. The highest BCUT2D eigenvalue weighted by molar-refractivity contribution is 7.99. The van der Waals surface area contributed by atoms with Gasteiger partial charge in [0.05, 0.1) is 17.9 Å². The van der Waals surface area contributed by atoms with Gasteiger partial charge in [0.2, 0.25) is 11.1 Å². The van der Waals surface area contributed by atoms with E-state index in [0.717, 1.165) is 29.1 Å². The van der Waals surface area contributed by atoms with Crippen LogP contribution in [0.4, 0.5) is 5.00 Å². The molecule has 10 heteroatoms. The highest BCUT2D eigenvalue weighted by Gasteiger charge is 2.24. The van der Waals surface area contributed by atoms with Crippen LogP contribution in [-0.2, 0) is 9.53 Å². The molecule has 1 saturated carbocycles. The van der Waals surface area contributed by atoms with Crippen molar-refractivity contribution in [1.29, 1.82) is 0 Å². The van der Waals surface area contributed by atoms with E-state index < -0.39 is 5.97 Å². The first-order valence-corrected chi connectivity index (χ1v) is 12.9. The molecule has 2 heterocycles. The normalized spacial score (nSPS) is 14.2. The van der Waals surface area contributed by atoms with Gasteiger partial charge in [-0.25, -0.2) is 9.47 Å². The van der Waals surface area contributed by atoms with E-state index in [0.29, 0.717) is 21.6 Å². The van der Waals surface area contributed by atoms with E-state index in [9.17, 15) is 9.59 Å². The van der Waals surface area contributed by atoms with Crippen LogP contribution >= 0.6 is 23.1 Å². The minimum absolute atomic E-state index is 0.0981. The Kier molecular flexibility index (Phi) is 7.66. The quantitative estimate of drug-likeness (QED) is 0.271. The lowest BCUT2D eigenvalue weighted by Gasteiger charge is -2.20. The summed E-state index contributed by atoms with van der Waals surface area (Å²) in [6.45, 7) is 2.01. The number of hydrogen-bond donors (Lipinski definition) is 2. The lowest BCUT2D eigenvalue weighted by molar-refractivity contribution is -0.113. The summed E-state index contributed by atoms with van der Waals surface area (Å²) in [4.78, 5) is 26.0. The number of nitrogen functional groups attached to an aromatic ring is 1. The van der Waals surface area contributed by atoms with E-state index in [1.807, 2.05) is 30.3 Å². The number of nitrogens with zero attached hydrogens (tertiary/aromatic N) is 3. The number of anilines is 1. The van der Waals surface area contributed by atoms with Crippen molar-refractivity contribution in [2.45, 2.75) is 50.1 Å². The van der Waals surface area contributed by atoms with E-state index in [2.05, 4.69) is 15.5 Å². The molecule has 8 nitrogen and oxygen atoms in total. The van der Waals surface area contributed by atoms with Crippen LogP contribution < -0.4 is 11.2 Å². The molecule has 1 aromatic carbocycles. The SMILES string of the molecule is CCOC(=O)c1cc(-c2ccccc2)sc1NC(=O)CSc1nnc(C2CCCCC2)n1N. The number of thioether (sulfide) groups is 1. The van der Waals surface area contributed by atoms with Gasteiger partial charge in [-0.2, -0.15) is 0 Å². The van der Waals surface area contributed by atoms with Crippen LogP contribution in [0.2, 0.25) is 0 Å². The number of rotatable bonds is 8. The van der Waals surface area contributed by atoms with Gasteiger partial charge < -0.3 is 15.9 Å².